The van der Waals surface area contributed by atoms with Crippen molar-refractivity contribution < 1.29 is 9.18 Å². The Morgan fingerprint density at radius 3 is 2.52 bits per heavy atom. The highest BCUT2D eigenvalue weighted by atomic mass is 19.1. The zero-order valence-electron chi connectivity index (χ0n) is 11.3. The molecule has 2 N–H and O–H groups in total. The smallest absolute Gasteiger partial charge is 0.238 e. The van der Waals surface area contributed by atoms with Crippen molar-refractivity contribution in [3.63, 3.8) is 0 Å². The van der Waals surface area contributed by atoms with Gasteiger partial charge in [-0.1, -0.05) is 24.3 Å². The Bertz CT molecular complexity index is 662. The van der Waals surface area contributed by atoms with Crippen LogP contribution in [0.1, 0.15) is 11.1 Å². The molecule has 21 heavy (non-hydrogen) atoms. The Morgan fingerprint density at radius 1 is 1.14 bits per heavy atom. The van der Waals surface area contributed by atoms with Crippen LogP contribution in [0.5, 0.6) is 0 Å². The van der Waals surface area contributed by atoms with Gasteiger partial charge >= 0.3 is 0 Å². The van der Waals surface area contributed by atoms with Gasteiger partial charge in [0.1, 0.15) is 5.82 Å². The van der Waals surface area contributed by atoms with Crippen molar-refractivity contribution in [1.29, 1.82) is 5.26 Å². The highest BCUT2D eigenvalue weighted by molar-refractivity contribution is 5.92. The number of carbonyl (C=O) groups is 1. The number of nitrogens with zero attached hydrogens (tertiary/aromatic N) is 1. The maximum atomic E-state index is 13.3. The first-order valence-corrected chi connectivity index (χ1v) is 6.43. The van der Waals surface area contributed by atoms with Crippen molar-refractivity contribution in [2.45, 2.75) is 6.54 Å². The van der Waals surface area contributed by atoms with Crippen LogP contribution in [-0.4, -0.2) is 12.5 Å². The number of para-hydroxylation sites is 1. The van der Waals surface area contributed by atoms with Gasteiger partial charge in [0.25, 0.3) is 0 Å². The molecule has 0 saturated heterocycles. The SMILES string of the molecule is N#Cc1ccc(CNCC(=O)Nc2ccccc2F)cc1. The van der Waals surface area contributed by atoms with E-state index in [1.165, 1.54) is 12.1 Å². The van der Waals surface area contributed by atoms with Crippen molar-refractivity contribution in [2.24, 2.45) is 0 Å². The minimum Gasteiger partial charge on any atom is -0.322 e. The van der Waals surface area contributed by atoms with E-state index in [1.807, 2.05) is 18.2 Å². The van der Waals surface area contributed by atoms with Gasteiger partial charge in [-0.2, -0.15) is 5.26 Å². The summed E-state index contributed by atoms with van der Waals surface area (Å²) in [6, 6.07) is 15.1. The van der Waals surface area contributed by atoms with Crippen LogP contribution in [0, 0.1) is 17.1 Å². The molecule has 0 aliphatic carbocycles. The second kappa shape index (κ2) is 7.17. The Hall–Kier alpha value is -2.71. The van der Waals surface area contributed by atoms with Crippen LogP contribution >= 0.6 is 0 Å². The van der Waals surface area contributed by atoms with Crippen molar-refractivity contribution in [1.82, 2.24) is 5.32 Å². The topological polar surface area (TPSA) is 64.9 Å². The van der Waals surface area contributed by atoms with Crippen LogP contribution in [0.25, 0.3) is 0 Å². The molecule has 4 nitrogen and oxygen atoms in total. The van der Waals surface area contributed by atoms with E-state index in [0.29, 0.717) is 12.1 Å². The Kier molecular flexibility index (Phi) is 5.02. The number of hydrogen-bond acceptors (Lipinski definition) is 3. The molecule has 2 rings (SSSR count). The van der Waals surface area contributed by atoms with E-state index in [1.54, 1.807) is 24.3 Å². The van der Waals surface area contributed by atoms with Crippen molar-refractivity contribution in [3.8, 4) is 6.07 Å². The molecule has 0 unspecified atom stereocenters. The average molecular weight is 283 g/mol. The van der Waals surface area contributed by atoms with Gasteiger partial charge in [0.2, 0.25) is 5.91 Å². The number of nitriles is 1. The highest BCUT2D eigenvalue weighted by Gasteiger charge is 2.05. The standard InChI is InChI=1S/C16H14FN3O/c17-14-3-1-2-4-15(14)20-16(21)11-19-10-13-7-5-12(9-18)6-8-13/h1-8,19H,10-11H2,(H,20,21). The average Bonchev–Trinajstić information content (AvgIpc) is 2.50. The van der Waals surface area contributed by atoms with Crippen LogP contribution in [-0.2, 0) is 11.3 Å². The van der Waals surface area contributed by atoms with Crippen LogP contribution in [0.4, 0.5) is 10.1 Å². The first-order chi connectivity index (χ1) is 10.2. The molecule has 2 aromatic carbocycles. The van der Waals surface area contributed by atoms with E-state index in [4.69, 9.17) is 5.26 Å². The van der Waals surface area contributed by atoms with Gasteiger partial charge in [-0.15, -0.1) is 0 Å². The minimum atomic E-state index is -0.460. The lowest BCUT2D eigenvalue weighted by molar-refractivity contribution is -0.115. The third kappa shape index (κ3) is 4.41. The number of hydrogen-bond donors (Lipinski definition) is 2. The summed E-state index contributed by atoms with van der Waals surface area (Å²) in [4.78, 5) is 11.7. The molecule has 0 fully saturated rings. The van der Waals surface area contributed by atoms with Crippen LogP contribution in [0.3, 0.4) is 0 Å². The summed E-state index contributed by atoms with van der Waals surface area (Å²) in [7, 11) is 0. The van der Waals surface area contributed by atoms with E-state index in [9.17, 15) is 9.18 Å². The lowest BCUT2D eigenvalue weighted by atomic mass is 10.1. The van der Waals surface area contributed by atoms with Crippen molar-refractivity contribution >= 4 is 11.6 Å². The van der Waals surface area contributed by atoms with Gasteiger partial charge in [0, 0.05) is 6.54 Å². The van der Waals surface area contributed by atoms with Crippen LogP contribution < -0.4 is 10.6 Å². The fraction of sp³-hybridized carbons (Fsp3) is 0.125. The normalized spacial score (nSPS) is 9.90. The molecule has 0 spiro atoms. The van der Waals surface area contributed by atoms with Gasteiger partial charge in [-0.05, 0) is 29.8 Å². The quantitative estimate of drug-likeness (QED) is 0.885. The van der Waals surface area contributed by atoms with Crippen molar-refractivity contribution in [2.75, 3.05) is 11.9 Å². The first kappa shape index (κ1) is 14.7. The highest BCUT2D eigenvalue weighted by Crippen LogP contribution is 2.11. The van der Waals surface area contributed by atoms with Gasteiger partial charge in [-0.3, -0.25) is 4.79 Å². The molecule has 0 aliphatic rings. The second-order valence-corrected chi connectivity index (χ2v) is 4.44. The second-order valence-electron chi connectivity index (χ2n) is 4.44. The summed E-state index contributed by atoms with van der Waals surface area (Å²) in [5.74, 6) is -0.772. The monoisotopic (exact) mass is 283 g/mol. The van der Waals surface area contributed by atoms with E-state index < -0.39 is 5.82 Å². The molecule has 0 aromatic heterocycles. The molecule has 0 aliphatic heterocycles. The number of anilines is 1. The van der Waals surface area contributed by atoms with Gasteiger partial charge < -0.3 is 10.6 Å². The fourth-order valence-electron chi connectivity index (χ4n) is 1.77. The summed E-state index contributed by atoms with van der Waals surface area (Å²) in [5, 5.41) is 14.1. The predicted octanol–water partition coefficient (Wildman–Crippen LogP) is 2.43. The van der Waals surface area contributed by atoms with E-state index in [2.05, 4.69) is 10.6 Å². The minimum absolute atomic E-state index is 0.0777. The lowest BCUT2D eigenvalue weighted by Gasteiger charge is -2.07. The Labute approximate surface area is 122 Å². The maximum absolute atomic E-state index is 13.3. The molecule has 0 heterocycles. The molecule has 5 heteroatoms. The molecule has 106 valence electrons. The van der Waals surface area contributed by atoms with Gasteiger partial charge in [0.15, 0.2) is 0 Å². The third-order valence-electron chi connectivity index (χ3n) is 2.85. The summed E-state index contributed by atoms with van der Waals surface area (Å²) < 4.78 is 13.3. The predicted molar refractivity (Wildman–Crippen MR) is 77.9 cm³/mol. The summed E-state index contributed by atoms with van der Waals surface area (Å²) in [6.07, 6.45) is 0. The number of amides is 1. The largest absolute Gasteiger partial charge is 0.322 e. The number of halogens is 1. The first-order valence-electron chi connectivity index (χ1n) is 6.43. The molecular weight excluding hydrogens is 269 g/mol. The summed E-state index contributed by atoms with van der Waals surface area (Å²) in [5.41, 5.74) is 1.73. The fourth-order valence-corrected chi connectivity index (χ4v) is 1.77. The van der Waals surface area contributed by atoms with Crippen LogP contribution in [0.2, 0.25) is 0 Å². The molecule has 2 aromatic rings. The molecular formula is C16H14FN3O. The Morgan fingerprint density at radius 2 is 1.86 bits per heavy atom. The van der Waals surface area contributed by atoms with Crippen LogP contribution in [0.15, 0.2) is 48.5 Å². The zero-order chi connectivity index (χ0) is 15.1. The summed E-state index contributed by atoms with van der Waals surface area (Å²) >= 11 is 0. The molecule has 0 bridgehead atoms. The Balaban J connectivity index is 1.79. The maximum Gasteiger partial charge on any atom is 0.238 e. The summed E-state index contributed by atoms with van der Waals surface area (Å²) in [6.45, 7) is 0.574. The lowest BCUT2D eigenvalue weighted by Crippen LogP contribution is -2.28. The number of rotatable bonds is 5. The number of carbonyl (C=O) groups excluding carboxylic acids is 1. The van der Waals surface area contributed by atoms with E-state index in [0.717, 1.165) is 5.56 Å². The number of benzene rings is 2. The van der Waals surface area contributed by atoms with Gasteiger partial charge in [-0.25, -0.2) is 4.39 Å². The zero-order valence-corrected chi connectivity index (χ0v) is 11.3. The molecule has 0 saturated carbocycles. The van der Waals surface area contributed by atoms with Gasteiger partial charge in [0.05, 0.1) is 23.9 Å². The third-order valence-corrected chi connectivity index (χ3v) is 2.85. The van der Waals surface area contributed by atoms with E-state index in [-0.39, 0.29) is 18.1 Å². The number of nitrogens with one attached hydrogen (secondary N) is 2. The van der Waals surface area contributed by atoms with E-state index >= 15 is 0 Å². The molecule has 0 atom stereocenters. The molecule has 0 radical (unpaired) electrons. The van der Waals surface area contributed by atoms with Crippen molar-refractivity contribution in [3.05, 3.63) is 65.5 Å². The molecule has 1 amide bonds.